The van der Waals surface area contributed by atoms with Gasteiger partial charge in [-0.25, -0.2) is 0 Å². The summed E-state index contributed by atoms with van der Waals surface area (Å²) >= 11 is 0. The van der Waals surface area contributed by atoms with Crippen LogP contribution in [0.5, 0.6) is 5.75 Å². The lowest BCUT2D eigenvalue weighted by molar-refractivity contribution is -0.131. The average Bonchev–Trinajstić information content (AvgIpc) is 2.25. The minimum atomic E-state index is -0.307. The smallest absolute Gasteiger partial charge is 0.308 e. The lowest BCUT2D eigenvalue weighted by Gasteiger charge is -2.14. The molecule has 3 heteroatoms. The second-order valence-electron chi connectivity index (χ2n) is 4.74. The molecule has 0 saturated carbocycles. The van der Waals surface area contributed by atoms with Gasteiger partial charge in [0.2, 0.25) is 0 Å². The number of esters is 1. The zero-order chi connectivity index (χ0) is 12.8. The number of nitrogens with two attached hydrogens (primary N) is 1. The molecule has 2 N–H and O–H groups in total. The summed E-state index contributed by atoms with van der Waals surface area (Å²) in [4.78, 5) is 10.9. The van der Waals surface area contributed by atoms with Gasteiger partial charge in [-0.05, 0) is 36.5 Å². The van der Waals surface area contributed by atoms with Crippen LogP contribution in [0.25, 0.3) is 0 Å². The molecule has 0 radical (unpaired) electrons. The average molecular weight is 235 g/mol. The molecular formula is C14H21NO2. The van der Waals surface area contributed by atoms with Gasteiger partial charge in [0.15, 0.2) is 0 Å². The molecule has 0 fully saturated rings. The first-order chi connectivity index (χ1) is 7.99. The first-order valence-electron chi connectivity index (χ1n) is 6.03. The lowest BCUT2D eigenvalue weighted by atomic mass is 9.98. The summed E-state index contributed by atoms with van der Waals surface area (Å²) in [5.41, 5.74) is 7.12. The minimum Gasteiger partial charge on any atom is -0.427 e. The van der Waals surface area contributed by atoms with Crippen molar-refractivity contribution in [2.75, 3.05) is 0 Å². The number of hydrogen-bond donors (Lipinski definition) is 1. The van der Waals surface area contributed by atoms with Crippen LogP contribution in [0.4, 0.5) is 0 Å². The quantitative estimate of drug-likeness (QED) is 0.630. The molecular weight excluding hydrogens is 214 g/mol. The molecule has 0 unspecified atom stereocenters. The van der Waals surface area contributed by atoms with E-state index in [2.05, 4.69) is 13.8 Å². The van der Waals surface area contributed by atoms with E-state index in [9.17, 15) is 4.79 Å². The largest absolute Gasteiger partial charge is 0.427 e. The van der Waals surface area contributed by atoms with Crippen LogP contribution in [-0.2, 0) is 4.79 Å². The molecule has 3 nitrogen and oxygen atoms in total. The maximum Gasteiger partial charge on any atom is 0.308 e. The highest BCUT2D eigenvalue weighted by atomic mass is 16.5. The zero-order valence-electron chi connectivity index (χ0n) is 10.8. The molecule has 0 heterocycles. The van der Waals surface area contributed by atoms with Crippen molar-refractivity contribution >= 4 is 5.97 Å². The molecule has 0 bridgehead atoms. The van der Waals surface area contributed by atoms with Crippen LogP contribution < -0.4 is 10.5 Å². The number of carbonyl (C=O) groups is 1. The fraction of sp³-hybridized carbons (Fsp3) is 0.500. The maximum atomic E-state index is 10.9. The van der Waals surface area contributed by atoms with E-state index in [1.165, 1.54) is 6.92 Å². The van der Waals surface area contributed by atoms with E-state index in [0.29, 0.717) is 11.7 Å². The molecule has 0 aliphatic carbocycles. The van der Waals surface area contributed by atoms with Gasteiger partial charge in [0, 0.05) is 13.0 Å². The van der Waals surface area contributed by atoms with E-state index < -0.39 is 0 Å². The maximum absolute atomic E-state index is 10.9. The summed E-state index contributed by atoms with van der Waals surface area (Å²) < 4.78 is 5.04. The Bertz CT molecular complexity index is 374. The summed E-state index contributed by atoms with van der Waals surface area (Å²) in [6, 6.07) is 7.45. The Morgan fingerprint density at radius 2 is 2.06 bits per heavy atom. The van der Waals surface area contributed by atoms with Crippen molar-refractivity contribution in [1.29, 1.82) is 0 Å². The Morgan fingerprint density at radius 3 is 2.65 bits per heavy atom. The highest BCUT2D eigenvalue weighted by Gasteiger charge is 2.08. The molecule has 0 amide bonds. The highest BCUT2D eigenvalue weighted by Crippen LogP contribution is 2.22. The molecule has 1 aromatic carbocycles. The predicted octanol–water partition coefficient (Wildman–Crippen LogP) is 3.05. The number of ether oxygens (including phenoxy) is 1. The Kier molecular flexibility index (Phi) is 5.16. The molecule has 0 saturated heterocycles. The zero-order valence-corrected chi connectivity index (χ0v) is 10.8. The second-order valence-corrected chi connectivity index (χ2v) is 4.74. The van der Waals surface area contributed by atoms with Gasteiger partial charge in [0.1, 0.15) is 5.75 Å². The monoisotopic (exact) mass is 235 g/mol. The molecule has 0 spiro atoms. The van der Waals surface area contributed by atoms with Crippen molar-refractivity contribution < 1.29 is 9.53 Å². The third-order valence-electron chi connectivity index (χ3n) is 2.60. The van der Waals surface area contributed by atoms with Crippen LogP contribution in [0.15, 0.2) is 24.3 Å². The fourth-order valence-electron chi connectivity index (χ4n) is 1.65. The van der Waals surface area contributed by atoms with Crippen molar-refractivity contribution in [2.45, 2.75) is 39.7 Å². The van der Waals surface area contributed by atoms with Crippen molar-refractivity contribution in [3.05, 3.63) is 29.8 Å². The lowest BCUT2D eigenvalue weighted by Crippen LogP contribution is -2.11. The van der Waals surface area contributed by atoms with E-state index in [4.69, 9.17) is 10.5 Å². The molecule has 0 aromatic heterocycles. The number of hydrogen-bond acceptors (Lipinski definition) is 3. The van der Waals surface area contributed by atoms with Gasteiger partial charge < -0.3 is 10.5 Å². The van der Waals surface area contributed by atoms with Gasteiger partial charge in [-0.1, -0.05) is 26.0 Å². The standard InChI is InChI=1S/C14H21NO2/c1-10(2)7-8-14(15)12-5-4-6-13(9-12)17-11(3)16/h4-6,9-10,14H,7-8,15H2,1-3H3/t14-/m0/s1. The van der Waals surface area contributed by atoms with Crippen molar-refractivity contribution in [3.63, 3.8) is 0 Å². The van der Waals surface area contributed by atoms with E-state index >= 15 is 0 Å². The molecule has 1 aromatic rings. The highest BCUT2D eigenvalue weighted by molar-refractivity contribution is 5.69. The third kappa shape index (κ3) is 5.00. The van der Waals surface area contributed by atoms with E-state index in [0.717, 1.165) is 18.4 Å². The summed E-state index contributed by atoms with van der Waals surface area (Å²) in [7, 11) is 0. The Morgan fingerprint density at radius 1 is 1.35 bits per heavy atom. The first-order valence-corrected chi connectivity index (χ1v) is 6.03. The Labute approximate surface area is 103 Å². The molecule has 0 aliphatic heterocycles. The summed E-state index contributed by atoms with van der Waals surface area (Å²) in [6.45, 7) is 5.76. The molecule has 17 heavy (non-hydrogen) atoms. The predicted molar refractivity (Wildman–Crippen MR) is 68.8 cm³/mol. The topological polar surface area (TPSA) is 52.3 Å². The Balaban J connectivity index is 2.66. The van der Waals surface area contributed by atoms with Crippen molar-refractivity contribution in [2.24, 2.45) is 11.7 Å². The van der Waals surface area contributed by atoms with Crippen LogP contribution in [0.2, 0.25) is 0 Å². The second kappa shape index (κ2) is 6.40. The fourth-order valence-corrected chi connectivity index (χ4v) is 1.65. The molecule has 0 aliphatic rings. The number of benzene rings is 1. The van der Waals surface area contributed by atoms with Crippen molar-refractivity contribution in [1.82, 2.24) is 0 Å². The van der Waals surface area contributed by atoms with Crippen molar-refractivity contribution in [3.8, 4) is 5.75 Å². The summed E-state index contributed by atoms with van der Waals surface area (Å²) in [5.74, 6) is 0.908. The van der Waals surface area contributed by atoms with Gasteiger partial charge >= 0.3 is 5.97 Å². The van der Waals surface area contributed by atoms with Crippen LogP contribution in [0.3, 0.4) is 0 Å². The molecule has 1 rings (SSSR count). The van der Waals surface area contributed by atoms with Gasteiger partial charge in [0.05, 0.1) is 0 Å². The van der Waals surface area contributed by atoms with E-state index in [1.54, 1.807) is 6.07 Å². The summed E-state index contributed by atoms with van der Waals surface area (Å²) in [6.07, 6.45) is 2.04. The van der Waals surface area contributed by atoms with Gasteiger partial charge in [-0.2, -0.15) is 0 Å². The van der Waals surface area contributed by atoms with E-state index in [1.807, 2.05) is 18.2 Å². The van der Waals surface area contributed by atoms with Crippen LogP contribution in [0.1, 0.15) is 45.2 Å². The molecule has 94 valence electrons. The first kappa shape index (κ1) is 13.7. The minimum absolute atomic E-state index is 0.00732. The van der Waals surface area contributed by atoms with Gasteiger partial charge in [-0.3, -0.25) is 4.79 Å². The van der Waals surface area contributed by atoms with Crippen LogP contribution in [-0.4, -0.2) is 5.97 Å². The van der Waals surface area contributed by atoms with Crippen LogP contribution in [0, 0.1) is 5.92 Å². The van der Waals surface area contributed by atoms with Crippen LogP contribution >= 0.6 is 0 Å². The summed E-state index contributed by atoms with van der Waals surface area (Å²) in [5, 5.41) is 0. The van der Waals surface area contributed by atoms with Gasteiger partial charge in [-0.15, -0.1) is 0 Å². The SMILES string of the molecule is CC(=O)Oc1cccc([C@@H](N)CCC(C)C)c1. The number of rotatable bonds is 5. The third-order valence-corrected chi connectivity index (χ3v) is 2.60. The number of carbonyl (C=O) groups excluding carboxylic acids is 1. The van der Waals surface area contributed by atoms with E-state index in [-0.39, 0.29) is 12.0 Å². The normalized spacial score (nSPS) is 12.5. The van der Waals surface area contributed by atoms with Gasteiger partial charge in [0.25, 0.3) is 0 Å². The molecule has 1 atom stereocenters. The Hall–Kier alpha value is -1.35.